The number of rotatable bonds is 5. The first kappa shape index (κ1) is 19.2. The fraction of sp³-hybridized carbons (Fsp3) is 0.111. The zero-order valence-corrected chi connectivity index (χ0v) is 14.1. The van der Waals surface area contributed by atoms with Gasteiger partial charge in [-0.25, -0.2) is 4.39 Å². The first-order valence-electron chi connectivity index (χ1n) is 7.89. The topological polar surface area (TPSA) is 76.9 Å². The number of ketones is 1. The number of nitrogens with zero attached hydrogens (tertiary/aromatic N) is 3. The maximum absolute atomic E-state index is 13.0. The lowest BCUT2D eigenvalue weighted by atomic mass is 10.1. The summed E-state index contributed by atoms with van der Waals surface area (Å²) in [7, 11) is 0. The van der Waals surface area contributed by atoms with Crippen LogP contribution in [0.4, 0.5) is 23.2 Å². The molecule has 1 aromatic heterocycles. The van der Waals surface area contributed by atoms with Crippen LogP contribution in [0.15, 0.2) is 54.9 Å². The Morgan fingerprint density at radius 1 is 1.00 bits per heavy atom. The Morgan fingerprint density at radius 3 is 2.25 bits per heavy atom. The summed E-state index contributed by atoms with van der Waals surface area (Å²) in [5.74, 6) is -1.78. The zero-order valence-electron chi connectivity index (χ0n) is 14.1. The number of aromatic nitrogens is 3. The molecule has 144 valence electrons. The van der Waals surface area contributed by atoms with Crippen LogP contribution in [-0.4, -0.2) is 26.5 Å². The van der Waals surface area contributed by atoms with Gasteiger partial charge in [0.2, 0.25) is 17.5 Å². The van der Waals surface area contributed by atoms with Crippen molar-refractivity contribution in [2.75, 3.05) is 5.32 Å². The van der Waals surface area contributed by atoms with E-state index in [1.165, 1.54) is 23.0 Å². The summed E-state index contributed by atoms with van der Waals surface area (Å²) in [6.07, 6.45) is -3.30. The van der Waals surface area contributed by atoms with Crippen molar-refractivity contribution in [2.45, 2.75) is 12.7 Å². The largest absolute Gasteiger partial charge is 0.416 e. The maximum Gasteiger partial charge on any atom is 0.416 e. The van der Waals surface area contributed by atoms with Gasteiger partial charge in [0.25, 0.3) is 0 Å². The minimum atomic E-state index is -4.47. The molecule has 28 heavy (non-hydrogen) atoms. The van der Waals surface area contributed by atoms with Crippen molar-refractivity contribution < 1.29 is 27.2 Å². The van der Waals surface area contributed by atoms with Crippen LogP contribution in [0, 0.1) is 5.82 Å². The Labute approximate surface area is 155 Å². The zero-order chi connectivity index (χ0) is 20.3. The number of alkyl halides is 3. The molecule has 0 radical (unpaired) electrons. The number of nitrogens with one attached hydrogen (secondary N) is 1. The third kappa shape index (κ3) is 4.40. The average Bonchev–Trinajstić information content (AvgIpc) is 3.09. The molecule has 0 saturated carbocycles. The van der Waals surface area contributed by atoms with Crippen LogP contribution < -0.4 is 5.32 Å². The molecule has 0 unspecified atom stereocenters. The maximum atomic E-state index is 13.0. The fourth-order valence-electron chi connectivity index (χ4n) is 2.37. The van der Waals surface area contributed by atoms with Gasteiger partial charge in [0, 0.05) is 11.3 Å². The number of anilines is 1. The fourth-order valence-corrected chi connectivity index (χ4v) is 2.37. The standard InChI is InChI=1S/C18H12F4N4O2/c19-13-5-1-11(2-6-13)16(28)17-25-23-10-26(17)9-15(27)24-14-7-3-12(4-8-14)18(20,21)22/h1-8,10H,9H2,(H,24,27). The monoisotopic (exact) mass is 392 g/mol. The molecular weight excluding hydrogens is 380 g/mol. The molecule has 0 fully saturated rings. The third-order valence-electron chi connectivity index (χ3n) is 3.73. The number of carbonyl (C=O) groups excluding carboxylic acids is 2. The van der Waals surface area contributed by atoms with Crippen LogP contribution in [0.5, 0.6) is 0 Å². The molecule has 2 aromatic carbocycles. The van der Waals surface area contributed by atoms with Crippen LogP contribution in [0.2, 0.25) is 0 Å². The second-order valence-corrected chi connectivity index (χ2v) is 5.74. The van der Waals surface area contributed by atoms with Crippen molar-refractivity contribution in [3.63, 3.8) is 0 Å². The first-order valence-corrected chi connectivity index (χ1v) is 7.89. The van der Waals surface area contributed by atoms with Crippen molar-refractivity contribution in [3.05, 3.63) is 77.6 Å². The molecule has 1 N–H and O–H groups in total. The Morgan fingerprint density at radius 2 is 1.64 bits per heavy atom. The molecule has 1 amide bonds. The quantitative estimate of drug-likeness (QED) is 0.534. The number of hydrogen-bond donors (Lipinski definition) is 1. The molecule has 6 nitrogen and oxygen atoms in total. The van der Waals surface area contributed by atoms with Crippen molar-refractivity contribution in [1.82, 2.24) is 14.8 Å². The van der Waals surface area contributed by atoms with E-state index < -0.39 is 29.2 Å². The van der Waals surface area contributed by atoms with Crippen molar-refractivity contribution >= 4 is 17.4 Å². The summed E-state index contributed by atoms with van der Waals surface area (Å²) < 4.78 is 51.8. The lowest BCUT2D eigenvalue weighted by Gasteiger charge is -2.10. The average molecular weight is 392 g/mol. The molecule has 3 rings (SSSR count). The molecule has 1 heterocycles. The van der Waals surface area contributed by atoms with Gasteiger partial charge in [-0.15, -0.1) is 10.2 Å². The Bertz CT molecular complexity index is 996. The molecule has 0 saturated heterocycles. The first-order chi connectivity index (χ1) is 13.2. The molecule has 10 heteroatoms. The molecule has 0 aliphatic rings. The van der Waals surface area contributed by atoms with Gasteiger partial charge in [-0.1, -0.05) is 0 Å². The molecule has 0 aliphatic carbocycles. The van der Waals surface area contributed by atoms with Crippen LogP contribution in [0.25, 0.3) is 0 Å². The Kier molecular flexibility index (Phi) is 5.21. The SMILES string of the molecule is O=C(Cn1cnnc1C(=O)c1ccc(F)cc1)Nc1ccc(C(F)(F)F)cc1. The summed E-state index contributed by atoms with van der Waals surface area (Å²) in [5.41, 5.74) is -0.507. The van der Waals surface area contributed by atoms with Gasteiger partial charge in [-0.3, -0.25) is 9.59 Å². The molecule has 0 spiro atoms. The second kappa shape index (κ2) is 7.59. The van der Waals surface area contributed by atoms with E-state index in [4.69, 9.17) is 0 Å². The van der Waals surface area contributed by atoms with Gasteiger partial charge >= 0.3 is 6.18 Å². The highest BCUT2D eigenvalue weighted by atomic mass is 19.4. The lowest BCUT2D eigenvalue weighted by Crippen LogP contribution is -2.21. The molecule has 0 bridgehead atoms. The van der Waals surface area contributed by atoms with Crippen LogP contribution in [0.1, 0.15) is 21.7 Å². The third-order valence-corrected chi connectivity index (χ3v) is 3.73. The Hall–Kier alpha value is -3.56. The van der Waals surface area contributed by atoms with E-state index >= 15 is 0 Å². The van der Waals surface area contributed by atoms with Gasteiger partial charge in [0.1, 0.15) is 18.7 Å². The summed E-state index contributed by atoms with van der Waals surface area (Å²) in [4.78, 5) is 24.6. The summed E-state index contributed by atoms with van der Waals surface area (Å²) in [6, 6.07) is 8.72. The smallest absolute Gasteiger partial charge is 0.325 e. The van der Waals surface area contributed by atoms with E-state index in [1.54, 1.807) is 0 Å². The number of hydrogen-bond acceptors (Lipinski definition) is 4. The predicted molar refractivity (Wildman–Crippen MR) is 89.9 cm³/mol. The van der Waals surface area contributed by atoms with Gasteiger partial charge in [0.15, 0.2) is 0 Å². The molecule has 0 atom stereocenters. The van der Waals surface area contributed by atoms with Gasteiger partial charge < -0.3 is 9.88 Å². The van der Waals surface area contributed by atoms with E-state index in [1.807, 2.05) is 0 Å². The summed E-state index contributed by atoms with van der Waals surface area (Å²) >= 11 is 0. The van der Waals surface area contributed by atoms with Crippen LogP contribution in [-0.2, 0) is 17.5 Å². The second-order valence-electron chi connectivity index (χ2n) is 5.74. The number of benzene rings is 2. The minimum Gasteiger partial charge on any atom is -0.325 e. The van der Waals surface area contributed by atoms with E-state index in [0.717, 1.165) is 36.4 Å². The normalized spacial score (nSPS) is 11.3. The summed E-state index contributed by atoms with van der Waals surface area (Å²) in [6.45, 7) is -0.337. The lowest BCUT2D eigenvalue weighted by molar-refractivity contribution is -0.137. The van der Waals surface area contributed by atoms with Gasteiger partial charge in [0.05, 0.1) is 5.56 Å². The van der Waals surface area contributed by atoms with E-state index in [-0.39, 0.29) is 23.6 Å². The highest BCUT2D eigenvalue weighted by molar-refractivity contribution is 6.06. The van der Waals surface area contributed by atoms with Crippen molar-refractivity contribution in [1.29, 1.82) is 0 Å². The van der Waals surface area contributed by atoms with E-state index in [9.17, 15) is 27.2 Å². The van der Waals surface area contributed by atoms with Crippen molar-refractivity contribution in [2.24, 2.45) is 0 Å². The summed E-state index contributed by atoms with van der Waals surface area (Å²) in [5, 5.41) is 9.71. The van der Waals surface area contributed by atoms with Gasteiger partial charge in [-0.05, 0) is 48.5 Å². The van der Waals surface area contributed by atoms with Crippen LogP contribution >= 0.6 is 0 Å². The number of carbonyl (C=O) groups is 2. The molecule has 3 aromatic rings. The van der Waals surface area contributed by atoms with Crippen LogP contribution in [0.3, 0.4) is 0 Å². The molecule has 0 aliphatic heterocycles. The van der Waals surface area contributed by atoms with Crippen molar-refractivity contribution in [3.8, 4) is 0 Å². The Balaban J connectivity index is 1.69. The highest BCUT2D eigenvalue weighted by Crippen LogP contribution is 2.29. The molecular formula is C18H12F4N4O2. The predicted octanol–water partition coefficient (Wildman–Crippen LogP) is 3.31. The minimum absolute atomic E-state index is 0.130. The number of amides is 1. The van der Waals surface area contributed by atoms with Gasteiger partial charge in [-0.2, -0.15) is 13.2 Å². The van der Waals surface area contributed by atoms with E-state index in [0.29, 0.717) is 0 Å². The van der Waals surface area contributed by atoms with E-state index in [2.05, 4.69) is 15.5 Å². The number of halogens is 4. The highest BCUT2D eigenvalue weighted by Gasteiger charge is 2.30.